The fourth-order valence-electron chi connectivity index (χ4n) is 1.11. The molecule has 0 aromatic rings. The molecular weight excluding hydrogens is 200 g/mol. The number of ether oxygens (including phenoxy) is 3. The highest BCUT2D eigenvalue weighted by atomic mass is 16.6. The van der Waals surface area contributed by atoms with Gasteiger partial charge in [-0.2, -0.15) is 0 Å². The molecule has 84 valence electrons. The molecule has 0 fully saturated rings. The van der Waals surface area contributed by atoms with E-state index in [1.165, 1.54) is 6.26 Å². The lowest BCUT2D eigenvalue weighted by Gasteiger charge is -2.17. The third-order valence-electron chi connectivity index (χ3n) is 1.81. The van der Waals surface area contributed by atoms with E-state index in [0.717, 1.165) is 0 Å². The van der Waals surface area contributed by atoms with Crippen LogP contribution in [0.25, 0.3) is 0 Å². The van der Waals surface area contributed by atoms with Crippen LogP contribution in [0.3, 0.4) is 0 Å². The molecule has 5 nitrogen and oxygen atoms in total. The second-order valence-electron chi connectivity index (χ2n) is 2.99. The van der Waals surface area contributed by atoms with E-state index in [4.69, 9.17) is 9.47 Å². The van der Waals surface area contributed by atoms with Crippen LogP contribution in [0.5, 0.6) is 0 Å². The first kappa shape index (κ1) is 11.7. The smallest absolute Gasteiger partial charge is 0.332 e. The number of carbonyl (C=O) groups excluding carboxylic acids is 2. The van der Waals surface area contributed by atoms with Crippen molar-refractivity contribution in [2.45, 2.75) is 19.4 Å². The summed E-state index contributed by atoms with van der Waals surface area (Å²) in [6, 6.07) is 0. The second kappa shape index (κ2) is 6.19. The molecule has 1 aliphatic rings. The van der Waals surface area contributed by atoms with Crippen molar-refractivity contribution in [2.24, 2.45) is 0 Å². The molecule has 0 spiro atoms. The van der Waals surface area contributed by atoms with Gasteiger partial charge in [0.05, 0.1) is 19.5 Å². The standard InChI is InChI=1S/C10H14O5/c1-2-14-10(12)7-13-6-9-8(11)4-3-5-15-9/h3,5,9H,2,4,6-7H2,1H3. The maximum absolute atomic E-state index is 11.2. The third-order valence-corrected chi connectivity index (χ3v) is 1.81. The van der Waals surface area contributed by atoms with Gasteiger partial charge in [0, 0.05) is 6.42 Å². The molecule has 0 saturated carbocycles. The molecular formula is C10H14O5. The molecule has 15 heavy (non-hydrogen) atoms. The highest BCUT2D eigenvalue weighted by Gasteiger charge is 2.21. The molecule has 0 radical (unpaired) electrons. The summed E-state index contributed by atoms with van der Waals surface area (Å²) in [7, 11) is 0. The molecule has 1 heterocycles. The number of carbonyl (C=O) groups is 2. The van der Waals surface area contributed by atoms with E-state index in [-0.39, 0.29) is 19.0 Å². The summed E-state index contributed by atoms with van der Waals surface area (Å²) in [5.41, 5.74) is 0. The van der Waals surface area contributed by atoms with Crippen LogP contribution in [-0.4, -0.2) is 37.7 Å². The fraction of sp³-hybridized carbons (Fsp3) is 0.600. The van der Waals surface area contributed by atoms with Gasteiger partial charge in [-0.3, -0.25) is 4.79 Å². The van der Waals surface area contributed by atoms with Crippen LogP contribution in [0.1, 0.15) is 13.3 Å². The molecule has 0 aliphatic carbocycles. The Kier molecular flexibility index (Phi) is 4.83. The Morgan fingerprint density at radius 3 is 3.13 bits per heavy atom. The first-order chi connectivity index (χ1) is 7.24. The largest absolute Gasteiger partial charge is 0.488 e. The van der Waals surface area contributed by atoms with Crippen LogP contribution < -0.4 is 0 Å². The van der Waals surface area contributed by atoms with Crippen molar-refractivity contribution >= 4 is 11.8 Å². The predicted octanol–water partition coefficient (Wildman–Crippen LogP) is 0.438. The number of rotatable bonds is 5. The Morgan fingerprint density at radius 1 is 1.67 bits per heavy atom. The predicted molar refractivity (Wildman–Crippen MR) is 51.1 cm³/mol. The molecule has 1 rings (SSSR count). The fourth-order valence-corrected chi connectivity index (χ4v) is 1.11. The number of ketones is 1. The van der Waals surface area contributed by atoms with E-state index < -0.39 is 12.1 Å². The molecule has 0 bridgehead atoms. The van der Waals surface area contributed by atoms with E-state index in [1.807, 2.05) is 0 Å². The molecule has 1 atom stereocenters. The molecule has 0 saturated heterocycles. The van der Waals surface area contributed by atoms with Crippen LogP contribution in [-0.2, 0) is 23.8 Å². The van der Waals surface area contributed by atoms with Crippen LogP contribution in [0.15, 0.2) is 12.3 Å². The Bertz CT molecular complexity index is 259. The monoisotopic (exact) mass is 214 g/mol. The van der Waals surface area contributed by atoms with Gasteiger partial charge < -0.3 is 14.2 Å². The Morgan fingerprint density at radius 2 is 2.47 bits per heavy atom. The highest BCUT2D eigenvalue weighted by molar-refractivity contribution is 5.85. The van der Waals surface area contributed by atoms with Gasteiger partial charge in [-0.05, 0) is 13.0 Å². The summed E-state index contributed by atoms with van der Waals surface area (Å²) in [4.78, 5) is 22.1. The number of allylic oxidation sites excluding steroid dienone is 1. The zero-order chi connectivity index (χ0) is 11.1. The summed E-state index contributed by atoms with van der Waals surface area (Å²) in [6.45, 7) is 1.98. The summed E-state index contributed by atoms with van der Waals surface area (Å²) in [5.74, 6) is -0.474. The molecule has 0 aromatic carbocycles. The van der Waals surface area contributed by atoms with Gasteiger partial charge in [0.2, 0.25) is 0 Å². The Hall–Kier alpha value is -1.36. The van der Waals surface area contributed by atoms with Crippen molar-refractivity contribution in [1.82, 2.24) is 0 Å². The second-order valence-corrected chi connectivity index (χ2v) is 2.99. The van der Waals surface area contributed by atoms with Gasteiger partial charge in [-0.15, -0.1) is 0 Å². The quantitative estimate of drug-likeness (QED) is 0.621. The summed E-state index contributed by atoms with van der Waals surface area (Å²) in [6.07, 6.45) is 2.88. The van der Waals surface area contributed by atoms with Gasteiger partial charge in [0.15, 0.2) is 11.9 Å². The van der Waals surface area contributed by atoms with Crippen molar-refractivity contribution in [1.29, 1.82) is 0 Å². The maximum atomic E-state index is 11.2. The van der Waals surface area contributed by atoms with Crippen LogP contribution in [0, 0.1) is 0 Å². The van der Waals surface area contributed by atoms with Gasteiger partial charge >= 0.3 is 5.97 Å². The maximum Gasteiger partial charge on any atom is 0.332 e. The minimum Gasteiger partial charge on any atom is -0.488 e. The normalized spacial score (nSPS) is 19.8. The zero-order valence-corrected chi connectivity index (χ0v) is 8.60. The number of hydrogen-bond acceptors (Lipinski definition) is 5. The molecule has 1 aliphatic heterocycles. The molecule has 0 aromatic heterocycles. The first-order valence-electron chi connectivity index (χ1n) is 4.80. The number of hydrogen-bond donors (Lipinski definition) is 0. The summed E-state index contributed by atoms with van der Waals surface area (Å²) < 4.78 is 14.7. The lowest BCUT2D eigenvalue weighted by molar-refractivity contribution is -0.151. The van der Waals surface area contributed by atoms with Gasteiger partial charge in [-0.1, -0.05) is 0 Å². The average Bonchev–Trinajstić information content (AvgIpc) is 2.21. The Labute approximate surface area is 88.0 Å². The molecule has 0 amide bonds. The van der Waals surface area contributed by atoms with Crippen LogP contribution >= 0.6 is 0 Å². The molecule has 1 unspecified atom stereocenters. The lowest BCUT2D eigenvalue weighted by Crippen LogP contribution is -2.30. The third kappa shape index (κ3) is 4.12. The topological polar surface area (TPSA) is 61.8 Å². The van der Waals surface area contributed by atoms with Crippen molar-refractivity contribution in [3.05, 3.63) is 12.3 Å². The number of esters is 1. The van der Waals surface area contributed by atoms with Crippen molar-refractivity contribution in [3.63, 3.8) is 0 Å². The minimum absolute atomic E-state index is 0.0404. The molecule has 5 heteroatoms. The minimum atomic E-state index is -0.593. The summed E-state index contributed by atoms with van der Waals surface area (Å²) >= 11 is 0. The van der Waals surface area contributed by atoms with E-state index in [1.54, 1.807) is 13.0 Å². The van der Waals surface area contributed by atoms with Gasteiger partial charge in [0.1, 0.15) is 6.61 Å². The van der Waals surface area contributed by atoms with Crippen molar-refractivity contribution in [3.8, 4) is 0 Å². The van der Waals surface area contributed by atoms with Gasteiger partial charge in [-0.25, -0.2) is 4.79 Å². The van der Waals surface area contributed by atoms with Crippen LogP contribution in [0.2, 0.25) is 0 Å². The zero-order valence-electron chi connectivity index (χ0n) is 8.60. The number of Topliss-reactive ketones (excluding diaryl/α,β-unsaturated/α-hetero) is 1. The van der Waals surface area contributed by atoms with E-state index in [2.05, 4.69) is 4.74 Å². The van der Waals surface area contributed by atoms with Crippen molar-refractivity contribution < 1.29 is 23.8 Å². The lowest BCUT2D eigenvalue weighted by atomic mass is 10.1. The Balaban J connectivity index is 2.17. The van der Waals surface area contributed by atoms with E-state index in [9.17, 15) is 9.59 Å². The van der Waals surface area contributed by atoms with Crippen LogP contribution in [0.4, 0.5) is 0 Å². The SMILES string of the molecule is CCOC(=O)COCC1OC=CCC1=O. The highest BCUT2D eigenvalue weighted by Crippen LogP contribution is 2.06. The molecule has 0 N–H and O–H groups in total. The summed E-state index contributed by atoms with van der Waals surface area (Å²) in [5, 5.41) is 0. The first-order valence-corrected chi connectivity index (χ1v) is 4.80. The van der Waals surface area contributed by atoms with E-state index >= 15 is 0 Å². The van der Waals surface area contributed by atoms with Gasteiger partial charge in [0.25, 0.3) is 0 Å². The van der Waals surface area contributed by atoms with Crippen molar-refractivity contribution in [2.75, 3.05) is 19.8 Å². The van der Waals surface area contributed by atoms with E-state index in [0.29, 0.717) is 13.0 Å². The average molecular weight is 214 g/mol.